The summed E-state index contributed by atoms with van der Waals surface area (Å²) in [6.45, 7) is -0.0948. The van der Waals surface area contributed by atoms with E-state index >= 15 is 0 Å². The van der Waals surface area contributed by atoms with Crippen LogP contribution in [-0.2, 0) is 11.3 Å². The van der Waals surface area contributed by atoms with Gasteiger partial charge in [0.2, 0.25) is 5.91 Å². The number of rotatable bonds is 2. The Morgan fingerprint density at radius 3 is 2.83 bits per heavy atom. The van der Waals surface area contributed by atoms with Crippen LogP contribution in [0.5, 0.6) is 0 Å². The summed E-state index contributed by atoms with van der Waals surface area (Å²) in [6, 6.07) is 3.00. The second kappa shape index (κ2) is 4.96. The molecule has 7 heteroatoms. The summed E-state index contributed by atoms with van der Waals surface area (Å²) in [5.41, 5.74) is 0.0206. The molecule has 0 saturated heterocycles. The number of carbonyl (C=O) groups excluding carboxylic acids is 1. The molecule has 0 spiro atoms. The van der Waals surface area contributed by atoms with Gasteiger partial charge in [0.05, 0.1) is 22.3 Å². The number of fused-ring (bicyclic) bond motifs is 1. The molecule has 0 bridgehead atoms. The van der Waals surface area contributed by atoms with Crippen LogP contribution in [-0.4, -0.2) is 22.5 Å². The molecular weight excluding hydrogens is 277 g/mol. The van der Waals surface area contributed by atoms with Crippen LogP contribution < -0.4 is 10.9 Å². The highest BCUT2D eigenvalue weighted by Gasteiger charge is 2.10. The second-order valence-electron chi connectivity index (χ2n) is 3.63. The van der Waals surface area contributed by atoms with Gasteiger partial charge >= 0.3 is 0 Å². The van der Waals surface area contributed by atoms with Crippen LogP contribution in [0.15, 0.2) is 23.3 Å². The van der Waals surface area contributed by atoms with E-state index in [2.05, 4.69) is 10.3 Å². The molecule has 2 aromatic rings. The molecule has 1 heterocycles. The van der Waals surface area contributed by atoms with Gasteiger partial charge in [-0.1, -0.05) is 23.2 Å². The summed E-state index contributed by atoms with van der Waals surface area (Å²) in [6.07, 6.45) is 1.29. The Bertz CT molecular complexity index is 682. The van der Waals surface area contributed by atoms with Gasteiger partial charge in [-0.3, -0.25) is 14.2 Å². The highest BCUT2D eigenvalue weighted by atomic mass is 35.5. The first-order chi connectivity index (χ1) is 8.52. The predicted octanol–water partition coefficient (Wildman–Crippen LogP) is 1.45. The van der Waals surface area contributed by atoms with Crippen molar-refractivity contribution in [3.63, 3.8) is 0 Å². The van der Waals surface area contributed by atoms with Crippen LogP contribution in [0.25, 0.3) is 10.9 Å². The number of aromatic nitrogens is 2. The Morgan fingerprint density at radius 1 is 1.44 bits per heavy atom. The average molecular weight is 286 g/mol. The Hall–Kier alpha value is -1.59. The van der Waals surface area contributed by atoms with E-state index in [1.807, 2.05) is 0 Å². The molecule has 0 aliphatic rings. The maximum Gasteiger partial charge on any atom is 0.261 e. The molecular formula is C11H9Cl2N3O2. The van der Waals surface area contributed by atoms with E-state index < -0.39 is 0 Å². The Labute approximate surface area is 112 Å². The lowest BCUT2D eigenvalue weighted by atomic mass is 10.2. The van der Waals surface area contributed by atoms with E-state index in [1.165, 1.54) is 30.1 Å². The zero-order valence-electron chi connectivity index (χ0n) is 9.41. The van der Waals surface area contributed by atoms with Crippen molar-refractivity contribution >= 4 is 40.0 Å². The number of carbonyl (C=O) groups is 1. The van der Waals surface area contributed by atoms with Crippen LogP contribution in [0.3, 0.4) is 0 Å². The van der Waals surface area contributed by atoms with E-state index in [0.717, 1.165) is 0 Å². The van der Waals surface area contributed by atoms with Crippen molar-refractivity contribution in [3.05, 3.63) is 38.9 Å². The molecule has 0 unspecified atom stereocenters. The van der Waals surface area contributed by atoms with Crippen molar-refractivity contribution in [2.24, 2.45) is 0 Å². The minimum atomic E-state index is -0.354. The van der Waals surface area contributed by atoms with Crippen molar-refractivity contribution in [2.75, 3.05) is 7.05 Å². The number of benzene rings is 1. The van der Waals surface area contributed by atoms with E-state index in [0.29, 0.717) is 20.9 Å². The monoisotopic (exact) mass is 285 g/mol. The van der Waals surface area contributed by atoms with Crippen LogP contribution in [0, 0.1) is 0 Å². The molecule has 0 aliphatic heterocycles. The van der Waals surface area contributed by atoms with Gasteiger partial charge in [-0.25, -0.2) is 4.98 Å². The van der Waals surface area contributed by atoms with Crippen molar-refractivity contribution in [1.82, 2.24) is 14.9 Å². The first-order valence-electron chi connectivity index (χ1n) is 5.07. The van der Waals surface area contributed by atoms with Gasteiger partial charge in [-0.15, -0.1) is 0 Å². The zero-order chi connectivity index (χ0) is 13.3. The van der Waals surface area contributed by atoms with Crippen molar-refractivity contribution in [2.45, 2.75) is 6.54 Å². The number of hydrogen-bond donors (Lipinski definition) is 1. The first-order valence-corrected chi connectivity index (χ1v) is 5.83. The van der Waals surface area contributed by atoms with E-state index in [9.17, 15) is 9.59 Å². The molecule has 0 aliphatic carbocycles. The topological polar surface area (TPSA) is 64.0 Å². The van der Waals surface area contributed by atoms with Gasteiger partial charge in [-0.05, 0) is 12.1 Å². The number of nitrogens with one attached hydrogen (secondary N) is 1. The summed E-state index contributed by atoms with van der Waals surface area (Å²) in [5.74, 6) is -0.286. The number of likely N-dealkylation sites (N-methyl/N-ethyl adjacent to an activating group) is 1. The third-order valence-electron chi connectivity index (χ3n) is 2.44. The standard InChI is InChI=1S/C11H9Cl2N3O2/c1-14-9(17)4-16-5-15-10-7(11(16)18)2-6(12)3-8(10)13/h2-3,5H,4H2,1H3,(H,14,17). The van der Waals surface area contributed by atoms with Crippen molar-refractivity contribution in [3.8, 4) is 0 Å². The van der Waals surface area contributed by atoms with Crippen molar-refractivity contribution in [1.29, 1.82) is 0 Å². The lowest BCUT2D eigenvalue weighted by Gasteiger charge is -2.06. The van der Waals surface area contributed by atoms with Crippen LogP contribution in [0.4, 0.5) is 0 Å². The Kier molecular flexibility index (Phi) is 3.54. The highest BCUT2D eigenvalue weighted by Crippen LogP contribution is 2.23. The number of nitrogens with zero attached hydrogens (tertiary/aromatic N) is 2. The number of halogens is 2. The molecule has 94 valence electrons. The molecule has 0 saturated carbocycles. The minimum absolute atomic E-state index is 0.0948. The maximum absolute atomic E-state index is 12.1. The molecule has 18 heavy (non-hydrogen) atoms. The predicted molar refractivity (Wildman–Crippen MR) is 70.1 cm³/mol. The summed E-state index contributed by atoms with van der Waals surface area (Å²) >= 11 is 11.8. The quantitative estimate of drug-likeness (QED) is 0.908. The van der Waals surface area contributed by atoms with Crippen LogP contribution in [0.1, 0.15) is 0 Å². The molecule has 1 amide bonds. The van der Waals surface area contributed by atoms with Crippen LogP contribution in [0.2, 0.25) is 10.0 Å². The molecule has 2 rings (SSSR count). The summed E-state index contributed by atoms with van der Waals surface area (Å²) in [5, 5.41) is 3.38. The molecule has 0 fully saturated rings. The third-order valence-corrected chi connectivity index (χ3v) is 2.94. The number of amides is 1. The average Bonchev–Trinajstić information content (AvgIpc) is 2.33. The largest absolute Gasteiger partial charge is 0.358 e. The normalized spacial score (nSPS) is 10.6. The maximum atomic E-state index is 12.1. The van der Waals surface area contributed by atoms with E-state index in [1.54, 1.807) is 0 Å². The number of hydrogen-bond acceptors (Lipinski definition) is 3. The fraction of sp³-hybridized carbons (Fsp3) is 0.182. The van der Waals surface area contributed by atoms with Gasteiger partial charge < -0.3 is 5.32 Å². The fourth-order valence-electron chi connectivity index (χ4n) is 1.54. The molecule has 1 aromatic heterocycles. The fourth-order valence-corrected chi connectivity index (χ4v) is 2.08. The van der Waals surface area contributed by atoms with E-state index in [-0.39, 0.29) is 18.0 Å². The first kappa shape index (κ1) is 12.9. The second-order valence-corrected chi connectivity index (χ2v) is 4.48. The van der Waals surface area contributed by atoms with E-state index in [4.69, 9.17) is 23.2 Å². The zero-order valence-corrected chi connectivity index (χ0v) is 10.9. The Balaban J connectivity index is 2.64. The lowest BCUT2D eigenvalue weighted by molar-refractivity contribution is -0.121. The smallest absolute Gasteiger partial charge is 0.261 e. The summed E-state index contributed by atoms with van der Waals surface area (Å²) in [4.78, 5) is 27.4. The SMILES string of the molecule is CNC(=O)Cn1cnc2c(Cl)cc(Cl)cc2c1=O. The lowest BCUT2D eigenvalue weighted by Crippen LogP contribution is -2.30. The third kappa shape index (κ3) is 2.32. The van der Waals surface area contributed by atoms with Gasteiger partial charge in [0, 0.05) is 12.1 Å². The van der Waals surface area contributed by atoms with Crippen molar-refractivity contribution < 1.29 is 4.79 Å². The highest BCUT2D eigenvalue weighted by molar-refractivity contribution is 6.38. The van der Waals surface area contributed by atoms with Gasteiger partial charge in [0.25, 0.3) is 5.56 Å². The molecule has 1 aromatic carbocycles. The Morgan fingerprint density at radius 2 is 2.17 bits per heavy atom. The van der Waals surface area contributed by atoms with Gasteiger partial charge in [-0.2, -0.15) is 0 Å². The summed E-state index contributed by atoms with van der Waals surface area (Å²) < 4.78 is 1.20. The van der Waals surface area contributed by atoms with Gasteiger partial charge in [0.15, 0.2) is 0 Å². The minimum Gasteiger partial charge on any atom is -0.358 e. The molecule has 1 N–H and O–H groups in total. The van der Waals surface area contributed by atoms with Crippen LogP contribution >= 0.6 is 23.2 Å². The molecule has 0 atom stereocenters. The van der Waals surface area contributed by atoms with Gasteiger partial charge in [0.1, 0.15) is 6.54 Å². The summed E-state index contributed by atoms with van der Waals surface area (Å²) in [7, 11) is 1.50. The molecule has 5 nitrogen and oxygen atoms in total. The molecule has 0 radical (unpaired) electrons.